The Bertz CT molecular complexity index is 417. The summed E-state index contributed by atoms with van der Waals surface area (Å²) in [6, 6.07) is 4.28. The number of primary amides is 1. The van der Waals surface area contributed by atoms with Crippen molar-refractivity contribution in [2.45, 2.75) is 13.3 Å². The fourth-order valence-electron chi connectivity index (χ4n) is 1.17. The van der Waals surface area contributed by atoms with Crippen LogP contribution in [0, 0.1) is 17.0 Å². The third kappa shape index (κ3) is 3.23. The van der Waals surface area contributed by atoms with E-state index in [-0.39, 0.29) is 18.7 Å². The molecule has 0 saturated heterocycles. The van der Waals surface area contributed by atoms with E-state index >= 15 is 0 Å². The number of nitrogens with zero attached hydrogens (tertiary/aromatic N) is 1. The van der Waals surface area contributed by atoms with E-state index in [9.17, 15) is 14.9 Å². The molecule has 0 spiro atoms. The van der Waals surface area contributed by atoms with E-state index in [0.29, 0.717) is 11.3 Å². The average molecular weight is 224 g/mol. The van der Waals surface area contributed by atoms with Crippen LogP contribution in [0.5, 0.6) is 5.75 Å². The highest BCUT2D eigenvalue weighted by molar-refractivity contribution is 5.73. The van der Waals surface area contributed by atoms with Crippen LogP contribution < -0.4 is 10.5 Å². The Morgan fingerprint density at radius 1 is 1.56 bits per heavy atom. The second kappa shape index (κ2) is 5.11. The molecule has 0 radical (unpaired) electrons. The van der Waals surface area contributed by atoms with Gasteiger partial charge < -0.3 is 10.5 Å². The molecule has 1 aromatic rings. The van der Waals surface area contributed by atoms with Crippen molar-refractivity contribution >= 4 is 11.6 Å². The molecule has 0 aliphatic heterocycles. The molecule has 6 heteroatoms. The van der Waals surface area contributed by atoms with Crippen LogP contribution in [-0.2, 0) is 4.79 Å². The number of hydrogen-bond donors (Lipinski definition) is 1. The van der Waals surface area contributed by atoms with E-state index in [0.717, 1.165) is 0 Å². The summed E-state index contributed by atoms with van der Waals surface area (Å²) in [6.07, 6.45) is 0.121. The van der Waals surface area contributed by atoms with E-state index in [1.165, 1.54) is 18.2 Å². The van der Waals surface area contributed by atoms with Gasteiger partial charge in [0, 0.05) is 12.1 Å². The first-order valence-electron chi connectivity index (χ1n) is 4.67. The van der Waals surface area contributed by atoms with E-state index in [1.54, 1.807) is 6.92 Å². The van der Waals surface area contributed by atoms with Gasteiger partial charge in [0.1, 0.15) is 5.75 Å². The van der Waals surface area contributed by atoms with Crippen LogP contribution in [0.3, 0.4) is 0 Å². The molecular formula is C10H12N2O4. The first kappa shape index (κ1) is 12.0. The maximum Gasteiger partial charge on any atom is 0.269 e. The molecule has 2 N–H and O–H groups in total. The average Bonchev–Trinajstić information content (AvgIpc) is 2.19. The molecule has 86 valence electrons. The summed E-state index contributed by atoms with van der Waals surface area (Å²) in [6.45, 7) is 1.88. The predicted octanol–water partition coefficient (Wildman–Crippen LogP) is 1.16. The van der Waals surface area contributed by atoms with Crippen molar-refractivity contribution in [2.24, 2.45) is 5.73 Å². The Morgan fingerprint density at radius 2 is 2.25 bits per heavy atom. The van der Waals surface area contributed by atoms with Gasteiger partial charge in [-0.1, -0.05) is 0 Å². The molecule has 0 heterocycles. The van der Waals surface area contributed by atoms with Crippen LogP contribution >= 0.6 is 0 Å². The van der Waals surface area contributed by atoms with Gasteiger partial charge in [0.25, 0.3) is 5.69 Å². The van der Waals surface area contributed by atoms with Gasteiger partial charge in [0.05, 0.1) is 18.0 Å². The standard InChI is InChI=1S/C10H12N2O4/c1-7-6-8(12(14)15)2-3-9(7)16-5-4-10(11)13/h2-3,6H,4-5H2,1H3,(H2,11,13). The fraction of sp³-hybridized carbons (Fsp3) is 0.300. The van der Waals surface area contributed by atoms with Crippen LogP contribution in [0.2, 0.25) is 0 Å². The third-order valence-corrected chi connectivity index (χ3v) is 1.98. The number of benzene rings is 1. The minimum atomic E-state index is -0.472. The minimum absolute atomic E-state index is 0.0137. The van der Waals surface area contributed by atoms with E-state index in [4.69, 9.17) is 10.5 Å². The second-order valence-corrected chi connectivity index (χ2v) is 3.27. The number of aryl methyl sites for hydroxylation is 1. The van der Waals surface area contributed by atoms with Gasteiger partial charge >= 0.3 is 0 Å². The molecular weight excluding hydrogens is 212 g/mol. The van der Waals surface area contributed by atoms with Crippen molar-refractivity contribution < 1.29 is 14.5 Å². The zero-order valence-corrected chi connectivity index (χ0v) is 8.80. The number of nitro groups is 1. The van der Waals surface area contributed by atoms with Crippen molar-refractivity contribution in [2.75, 3.05) is 6.61 Å². The topological polar surface area (TPSA) is 95.5 Å². The first-order chi connectivity index (χ1) is 7.50. The summed E-state index contributed by atoms with van der Waals surface area (Å²) < 4.78 is 5.26. The molecule has 6 nitrogen and oxygen atoms in total. The van der Waals surface area contributed by atoms with Crippen molar-refractivity contribution in [3.63, 3.8) is 0 Å². The van der Waals surface area contributed by atoms with Crippen LogP contribution in [0.4, 0.5) is 5.69 Å². The van der Waals surface area contributed by atoms with Crippen LogP contribution in [-0.4, -0.2) is 17.4 Å². The van der Waals surface area contributed by atoms with Gasteiger partial charge in [0.15, 0.2) is 0 Å². The monoisotopic (exact) mass is 224 g/mol. The zero-order chi connectivity index (χ0) is 12.1. The molecule has 0 atom stereocenters. The molecule has 0 bridgehead atoms. The predicted molar refractivity (Wildman–Crippen MR) is 57.1 cm³/mol. The van der Waals surface area contributed by atoms with Gasteiger partial charge in [-0.3, -0.25) is 14.9 Å². The van der Waals surface area contributed by atoms with E-state index in [1.807, 2.05) is 0 Å². The van der Waals surface area contributed by atoms with Crippen LogP contribution in [0.15, 0.2) is 18.2 Å². The van der Waals surface area contributed by atoms with Gasteiger partial charge in [0.2, 0.25) is 5.91 Å². The number of rotatable bonds is 5. The maximum absolute atomic E-state index is 10.5. The van der Waals surface area contributed by atoms with Crippen LogP contribution in [0.1, 0.15) is 12.0 Å². The lowest BCUT2D eigenvalue weighted by Gasteiger charge is -2.07. The Balaban J connectivity index is 2.68. The minimum Gasteiger partial charge on any atom is -0.493 e. The summed E-state index contributed by atoms with van der Waals surface area (Å²) in [5.41, 5.74) is 5.62. The quantitative estimate of drug-likeness (QED) is 0.599. The number of ether oxygens (including phenoxy) is 1. The summed E-state index contributed by atoms with van der Waals surface area (Å²) in [4.78, 5) is 20.5. The summed E-state index contributed by atoms with van der Waals surface area (Å²) in [5.74, 6) is 0.0754. The molecule has 0 aliphatic rings. The van der Waals surface area contributed by atoms with Crippen LogP contribution in [0.25, 0.3) is 0 Å². The Labute approximate surface area is 92.2 Å². The van der Waals surface area contributed by atoms with Gasteiger partial charge in [-0.15, -0.1) is 0 Å². The normalized spacial score (nSPS) is 9.81. The van der Waals surface area contributed by atoms with Crippen molar-refractivity contribution in [1.29, 1.82) is 0 Å². The number of carbonyl (C=O) groups excluding carboxylic acids is 1. The molecule has 0 aliphatic carbocycles. The van der Waals surface area contributed by atoms with Gasteiger partial charge in [-0.2, -0.15) is 0 Å². The van der Waals surface area contributed by atoms with Crippen molar-refractivity contribution in [3.05, 3.63) is 33.9 Å². The summed E-state index contributed by atoms with van der Waals surface area (Å²) >= 11 is 0. The highest BCUT2D eigenvalue weighted by Crippen LogP contribution is 2.23. The Hall–Kier alpha value is -2.11. The number of non-ortho nitro benzene ring substituents is 1. The summed E-state index contributed by atoms with van der Waals surface area (Å²) in [7, 11) is 0. The molecule has 0 unspecified atom stereocenters. The number of carbonyl (C=O) groups is 1. The number of amides is 1. The number of nitrogens with two attached hydrogens (primary N) is 1. The Kier molecular flexibility index (Phi) is 3.82. The lowest BCUT2D eigenvalue weighted by Crippen LogP contribution is -2.14. The molecule has 1 amide bonds. The number of nitro benzene ring substituents is 1. The number of hydrogen-bond acceptors (Lipinski definition) is 4. The van der Waals surface area contributed by atoms with Crippen molar-refractivity contribution in [1.82, 2.24) is 0 Å². The Morgan fingerprint density at radius 3 is 2.75 bits per heavy atom. The van der Waals surface area contributed by atoms with Gasteiger partial charge in [-0.05, 0) is 18.6 Å². The smallest absolute Gasteiger partial charge is 0.269 e. The SMILES string of the molecule is Cc1cc([N+](=O)[O-])ccc1OCCC(N)=O. The first-order valence-corrected chi connectivity index (χ1v) is 4.67. The fourth-order valence-corrected chi connectivity index (χ4v) is 1.17. The lowest BCUT2D eigenvalue weighted by molar-refractivity contribution is -0.384. The largest absolute Gasteiger partial charge is 0.493 e. The molecule has 0 aromatic heterocycles. The van der Waals surface area contributed by atoms with E-state index in [2.05, 4.69) is 0 Å². The highest BCUT2D eigenvalue weighted by atomic mass is 16.6. The molecule has 16 heavy (non-hydrogen) atoms. The second-order valence-electron chi connectivity index (χ2n) is 3.27. The van der Waals surface area contributed by atoms with Gasteiger partial charge in [-0.25, -0.2) is 0 Å². The summed E-state index contributed by atoms with van der Waals surface area (Å²) in [5, 5.41) is 10.5. The molecule has 1 rings (SSSR count). The van der Waals surface area contributed by atoms with Crippen molar-refractivity contribution in [3.8, 4) is 5.75 Å². The lowest BCUT2D eigenvalue weighted by atomic mass is 10.2. The zero-order valence-electron chi connectivity index (χ0n) is 8.80. The molecule has 0 saturated carbocycles. The highest BCUT2D eigenvalue weighted by Gasteiger charge is 2.08. The third-order valence-electron chi connectivity index (χ3n) is 1.98. The van der Waals surface area contributed by atoms with E-state index < -0.39 is 10.8 Å². The molecule has 1 aromatic carbocycles. The molecule has 0 fully saturated rings. The maximum atomic E-state index is 10.5.